The number of carboxylic acids is 1. The SMILES string of the molecule is CCC(O)CNS(=O)(=O)c1ccc(O)c(C(=O)O)c1. The van der Waals surface area contributed by atoms with Crippen LogP contribution in [0, 0.1) is 0 Å². The Hall–Kier alpha value is -1.64. The second kappa shape index (κ2) is 6.00. The predicted octanol–water partition coefficient (Wildman–Crippen LogP) is 0.140. The fourth-order valence-electron chi connectivity index (χ4n) is 1.29. The zero-order chi connectivity index (χ0) is 14.6. The average Bonchev–Trinajstić information content (AvgIpc) is 2.35. The van der Waals surface area contributed by atoms with Crippen molar-refractivity contribution in [3.05, 3.63) is 23.8 Å². The zero-order valence-electron chi connectivity index (χ0n) is 10.2. The first-order valence-electron chi connectivity index (χ1n) is 5.52. The van der Waals surface area contributed by atoms with Crippen molar-refractivity contribution in [1.82, 2.24) is 4.72 Å². The molecule has 0 bridgehead atoms. The molecule has 1 atom stereocenters. The van der Waals surface area contributed by atoms with E-state index in [1.165, 1.54) is 0 Å². The van der Waals surface area contributed by atoms with E-state index in [9.17, 15) is 23.4 Å². The molecule has 1 aromatic carbocycles. The number of nitrogens with one attached hydrogen (secondary N) is 1. The van der Waals surface area contributed by atoms with E-state index in [-0.39, 0.29) is 11.4 Å². The van der Waals surface area contributed by atoms with Crippen molar-refractivity contribution >= 4 is 16.0 Å². The highest BCUT2D eigenvalue weighted by atomic mass is 32.2. The maximum atomic E-state index is 11.8. The van der Waals surface area contributed by atoms with Crippen LogP contribution in [0.25, 0.3) is 0 Å². The smallest absolute Gasteiger partial charge is 0.339 e. The van der Waals surface area contributed by atoms with Crippen molar-refractivity contribution in [2.45, 2.75) is 24.3 Å². The topological polar surface area (TPSA) is 124 Å². The summed E-state index contributed by atoms with van der Waals surface area (Å²) in [4.78, 5) is 10.5. The maximum absolute atomic E-state index is 11.8. The van der Waals surface area contributed by atoms with Gasteiger partial charge in [-0.25, -0.2) is 17.9 Å². The van der Waals surface area contributed by atoms with Crippen molar-refractivity contribution in [1.29, 1.82) is 0 Å². The number of aromatic hydroxyl groups is 1. The van der Waals surface area contributed by atoms with E-state index in [1.54, 1.807) is 6.92 Å². The molecule has 0 aromatic heterocycles. The Morgan fingerprint density at radius 3 is 2.58 bits per heavy atom. The molecule has 0 fully saturated rings. The summed E-state index contributed by atoms with van der Waals surface area (Å²) < 4.78 is 25.8. The Labute approximate surface area is 110 Å². The molecule has 0 heterocycles. The molecule has 0 aliphatic rings. The first kappa shape index (κ1) is 15.4. The summed E-state index contributed by atoms with van der Waals surface area (Å²) in [7, 11) is -3.92. The van der Waals surface area contributed by atoms with E-state index in [0.717, 1.165) is 18.2 Å². The van der Waals surface area contributed by atoms with Gasteiger partial charge in [0.1, 0.15) is 11.3 Å². The lowest BCUT2D eigenvalue weighted by Gasteiger charge is -2.11. The van der Waals surface area contributed by atoms with Gasteiger partial charge in [-0.2, -0.15) is 0 Å². The number of benzene rings is 1. The molecular formula is C11H15NO6S. The Balaban J connectivity index is 3.02. The van der Waals surface area contributed by atoms with Crippen LogP contribution < -0.4 is 4.72 Å². The summed E-state index contributed by atoms with van der Waals surface area (Å²) in [5, 5.41) is 27.4. The van der Waals surface area contributed by atoms with Crippen LogP contribution in [0.2, 0.25) is 0 Å². The van der Waals surface area contributed by atoms with Gasteiger partial charge in [-0.05, 0) is 24.6 Å². The maximum Gasteiger partial charge on any atom is 0.339 e. The molecule has 0 radical (unpaired) electrons. The fraction of sp³-hybridized carbons (Fsp3) is 0.364. The van der Waals surface area contributed by atoms with Gasteiger partial charge in [0, 0.05) is 6.54 Å². The lowest BCUT2D eigenvalue weighted by atomic mass is 10.2. The highest BCUT2D eigenvalue weighted by Crippen LogP contribution is 2.21. The molecule has 19 heavy (non-hydrogen) atoms. The van der Waals surface area contributed by atoms with E-state index in [0.29, 0.717) is 6.42 Å². The predicted molar refractivity (Wildman–Crippen MR) is 66.6 cm³/mol. The van der Waals surface area contributed by atoms with Crippen molar-refractivity contribution in [2.75, 3.05) is 6.54 Å². The summed E-state index contributed by atoms with van der Waals surface area (Å²) in [6.07, 6.45) is -0.427. The monoisotopic (exact) mass is 289 g/mol. The van der Waals surface area contributed by atoms with Crippen LogP contribution in [-0.4, -0.2) is 42.4 Å². The van der Waals surface area contributed by atoms with Gasteiger partial charge >= 0.3 is 5.97 Å². The Morgan fingerprint density at radius 1 is 1.42 bits per heavy atom. The van der Waals surface area contributed by atoms with Gasteiger partial charge in [0.05, 0.1) is 11.0 Å². The number of phenols is 1. The number of aliphatic hydroxyl groups is 1. The molecule has 7 nitrogen and oxygen atoms in total. The first-order valence-corrected chi connectivity index (χ1v) is 7.00. The molecule has 106 valence electrons. The molecule has 0 aliphatic carbocycles. The normalized spacial score (nSPS) is 13.2. The van der Waals surface area contributed by atoms with E-state index in [2.05, 4.69) is 4.72 Å². The number of sulfonamides is 1. The molecule has 4 N–H and O–H groups in total. The third-order valence-corrected chi connectivity index (χ3v) is 3.91. The number of aromatic carboxylic acids is 1. The Morgan fingerprint density at radius 2 is 2.05 bits per heavy atom. The van der Waals surface area contributed by atoms with E-state index >= 15 is 0 Å². The third-order valence-electron chi connectivity index (χ3n) is 2.49. The van der Waals surface area contributed by atoms with Crippen LogP contribution in [-0.2, 0) is 10.0 Å². The summed E-state index contributed by atoms with van der Waals surface area (Å²) in [6.45, 7) is 1.53. The summed E-state index contributed by atoms with van der Waals surface area (Å²) >= 11 is 0. The summed E-state index contributed by atoms with van der Waals surface area (Å²) in [5.41, 5.74) is -0.501. The van der Waals surface area contributed by atoms with Crippen LogP contribution in [0.4, 0.5) is 0 Å². The molecule has 0 aliphatic heterocycles. The van der Waals surface area contributed by atoms with Gasteiger partial charge in [0.25, 0.3) is 0 Å². The van der Waals surface area contributed by atoms with Crippen LogP contribution in [0.1, 0.15) is 23.7 Å². The van der Waals surface area contributed by atoms with Gasteiger partial charge in [0.15, 0.2) is 0 Å². The highest BCUT2D eigenvalue weighted by Gasteiger charge is 2.19. The van der Waals surface area contributed by atoms with Gasteiger partial charge < -0.3 is 15.3 Å². The molecule has 0 amide bonds. The fourth-order valence-corrected chi connectivity index (χ4v) is 2.39. The second-order valence-electron chi connectivity index (χ2n) is 3.90. The molecule has 0 spiro atoms. The number of hydrogen-bond donors (Lipinski definition) is 4. The standard InChI is InChI=1S/C11H15NO6S/c1-2-7(13)6-12-19(17,18)8-3-4-10(14)9(5-8)11(15)16/h3-5,7,12-14H,2,6H2,1H3,(H,15,16). The van der Waals surface area contributed by atoms with Crippen LogP contribution in [0.15, 0.2) is 23.1 Å². The molecule has 8 heteroatoms. The van der Waals surface area contributed by atoms with Crippen LogP contribution in [0.5, 0.6) is 5.75 Å². The van der Waals surface area contributed by atoms with Crippen LogP contribution >= 0.6 is 0 Å². The Bertz CT molecular complexity index is 569. The quantitative estimate of drug-likeness (QED) is 0.590. The number of hydrogen-bond acceptors (Lipinski definition) is 5. The van der Waals surface area contributed by atoms with Crippen molar-refractivity contribution in [2.24, 2.45) is 0 Å². The number of rotatable bonds is 6. The largest absolute Gasteiger partial charge is 0.507 e. The number of aliphatic hydroxyl groups excluding tert-OH is 1. The van der Waals surface area contributed by atoms with Gasteiger partial charge in [0.2, 0.25) is 10.0 Å². The average molecular weight is 289 g/mol. The number of carboxylic acid groups (broad SMARTS) is 1. The van der Waals surface area contributed by atoms with Crippen molar-refractivity contribution in [3.63, 3.8) is 0 Å². The molecule has 0 saturated heterocycles. The zero-order valence-corrected chi connectivity index (χ0v) is 11.0. The van der Waals surface area contributed by atoms with E-state index < -0.39 is 33.4 Å². The number of carbonyl (C=O) groups is 1. The molecule has 1 unspecified atom stereocenters. The van der Waals surface area contributed by atoms with Crippen molar-refractivity contribution in [3.8, 4) is 5.75 Å². The minimum atomic E-state index is -3.92. The lowest BCUT2D eigenvalue weighted by Crippen LogP contribution is -2.31. The molecule has 1 aromatic rings. The molecule has 1 rings (SSSR count). The van der Waals surface area contributed by atoms with E-state index in [4.69, 9.17) is 5.11 Å². The minimum absolute atomic E-state index is 0.165. The third kappa shape index (κ3) is 3.91. The second-order valence-corrected chi connectivity index (χ2v) is 5.67. The van der Waals surface area contributed by atoms with Gasteiger partial charge in [-0.3, -0.25) is 0 Å². The van der Waals surface area contributed by atoms with Gasteiger partial charge in [-0.15, -0.1) is 0 Å². The van der Waals surface area contributed by atoms with Crippen LogP contribution in [0.3, 0.4) is 0 Å². The minimum Gasteiger partial charge on any atom is -0.507 e. The lowest BCUT2D eigenvalue weighted by molar-refractivity contribution is 0.0693. The van der Waals surface area contributed by atoms with E-state index in [1.807, 2.05) is 0 Å². The first-order chi connectivity index (χ1) is 8.77. The summed E-state index contributed by atoms with van der Waals surface area (Å²) in [5.74, 6) is -1.94. The molecule has 0 saturated carbocycles. The summed E-state index contributed by atoms with van der Waals surface area (Å²) in [6, 6.07) is 2.94. The van der Waals surface area contributed by atoms with Crippen molar-refractivity contribution < 1.29 is 28.5 Å². The Kier molecular flexibility index (Phi) is 4.87. The highest BCUT2D eigenvalue weighted by molar-refractivity contribution is 7.89. The molecular weight excluding hydrogens is 274 g/mol. The van der Waals surface area contributed by atoms with Gasteiger partial charge in [-0.1, -0.05) is 6.92 Å².